The highest BCUT2D eigenvalue weighted by atomic mass is 16.5. The predicted octanol–water partition coefficient (Wildman–Crippen LogP) is 3.58. The van der Waals surface area contributed by atoms with Crippen LogP contribution in [0.3, 0.4) is 0 Å². The number of piperidine rings is 1. The molecule has 1 aromatic rings. The van der Waals surface area contributed by atoms with Gasteiger partial charge < -0.3 is 9.64 Å². The van der Waals surface area contributed by atoms with Crippen LogP contribution in [-0.4, -0.2) is 84.2 Å². The molecule has 3 fully saturated rings. The van der Waals surface area contributed by atoms with Crippen LogP contribution in [0.5, 0.6) is 0 Å². The Bertz CT molecular complexity index is 692. The molecule has 0 saturated carbocycles. The van der Waals surface area contributed by atoms with Crippen LogP contribution in [0.2, 0.25) is 0 Å². The molecular weight excluding hydrogens is 386 g/mol. The summed E-state index contributed by atoms with van der Waals surface area (Å²) < 4.78 is 6.38. The first-order chi connectivity index (χ1) is 15.0. The fourth-order valence-corrected chi connectivity index (χ4v) is 5.69. The van der Waals surface area contributed by atoms with Crippen molar-refractivity contribution in [2.24, 2.45) is 0 Å². The Kier molecular flexibility index (Phi) is 7.68. The smallest absolute Gasteiger partial charge is 0.222 e. The van der Waals surface area contributed by atoms with E-state index in [0.29, 0.717) is 24.4 Å². The SMILES string of the molecule is CC(C)N1CCN([C@H]2CCOC3(CCN(C(=O)CCCc4ccccc4)CC3)C2)CC1. The van der Waals surface area contributed by atoms with Gasteiger partial charge in [0.15, 0.2) is 0 Å². The number of carbonyl (C=O) groups excluding carboxylic acids is 1. The Labute approximate surface area is 188 Å². The monoisotopic (exact) mass is 427 g/mol. The van der Waals surface area contributed by atoms with Gasteiger partial charge in [-0.05, 0) is 57.9 Å². The number of ether oxygens (including phenoxy) is 1. The minimum atomic E-state index is -0.00107. The van der Waals surface area contributed by atoms with Gasteiger partial charge in [0.05, 0.1) is 5.60 Å². The first-order valence-corrected chi connectivity index (χ1v) is 12.5. The average Bonchev–Trinajstić information content (AvgIpc) is 2.80. The lowest BCUT2D eigenvalue weighted by molar-refractivity contribution is -0.150. The van der Waals surface area contributed by atoms with Crippen LogP contribution in [0.1, 0.15) is 57.9 Å². The average molecular weight is 428 g/mol. The fourth-order valence-electron chi connectivity index (χ4n) is 5.69. The molecule has 0 unspecified atom stereocenters. The number of aryl methyl sites for hydroxylation is 1. The highest BCUT2D eigenvalue weighted by Crippen LogP contribution is 2.37. The maximum Gasteiger partial charge on any atom is 0.222 e. The zero-order chi connectivity index (χ0) is 21.7. The quantitative estimate of drug-likeness (QED) is 0.695. The standard InChI is InChI=1S/C26H41N3O2/c1-22(2)27-16-18-28(19-17-27)24-11-20-31-26(21-24)12-14-29(15-13-26)25(30)10-6-9-23-7-4-3-5-8-23/h3-5,7-8,22,24H,6,9-21H2,1-2H3/t24-/m0/s1. The molecule has 3 aliphatic heterocycles. The third kappa shape index (κ3) is 5.88. The zero-order valence-corrected chi connectivity index (χ0v) is 19.6. The number of benzene rings is 1. The van der Waals surface area contributed by atoms with E-state index in [9.17, 15) is 4.79 Å². The largest absolute Gasteiger partial charge is 0.375 e. The molecule has 3 heterocycles. The van der Waals surface area contributed by atoms with Gasteiger partial charge in [0.25, 0.3) is 0 Å². The molecule has 3 saturated heterocycles. The van der Waals surface area contributed by atoms with Gasteiger partial charge in [0, 0.05) is 64.4 Å². The fraction of sp³-hybridized carbons (Fsp3) is 0.731. The highest BCUT2D eigenvalue weighted by molar-refractivity contribution is 5.76. The van der Waals surface area contributed by atoms with Crippen molar-refractivity contribution in [3.8, 4) is 0 Å². The normalized spacial score (nSPS) is 25.3. The van der Waals surface area contributed by atoms with Crippen LogP contribution in [0.15, 0.2) is 30.3 Å². The number of piperazine rings is 1. The molecule has 172 valence electrons. The number of hydrogen-bond acceptors (Lipinski definition) is 4. The van der Waals surface area contributed by atoms with Crippen LogP contribution < -0.4 is 0 Å². The van der Waals surface area contributed by atoms with E-state index in [0.717, 1.165) is 58.2 Å². The van der Waals surface area contributed by atoms with E-state index in [1.807, 2.05) is 6.07 Å². The van der Waals surface area contributed by atoms with Gasteiger partial charge in [-0.25, -0.2) is 0 Å². The molecule has 0 N–H and O–H groups in total. The molecular formula is C26H41N3O2. The van der Waals surface area contributed by atoms with Gasteiger partial charge >= 0.3 is 0 Å². The summed E-state index contributed by atoms with van der Waals surface area (Å²) in [6.45, 7) is 11.9. The molecule has 5 heteroatoms. The summed E-state index contributed by atoms with van der Waals surface area (Å²) in [5.41, 5.74) is 1.32. The minimum Gasteiger partial charge on any atom is -0.375 e. The van der Waals surface area contributed by atoms with Crippen LogP contribution >= 0.6 is 0 Å². The molecule has 1 aromatic carbocycles. The number of hydrogen-bond donors (Lipinski definition) is 0. The molecule has 0 radical (unpaired) electrons. The van der Waals surface area contributed by atoms with Crippen molar-refractivity contribution in [3.05, 3.63) is 35.9 Å². The van der Waals surface area contributed by atoms with Crippen LogP contribution in [-0.2, 0) is 16.0 Å². The lowest BCUT2D eigenvalue weighted by Crippen LogP contribution is -2.58. The second-order valence-corrected chi connectivity index (χ2v) is 10.1. The van der Waals surface area contributed by atoms with Crippen molar-refractivity contribution in [2.45, 2.75) is 76.5 Å². The van der Waals surface area contributed by atoms with E-state index in [4.69, 9.17) is 4.74 Å². The van der Waals surface area contributed by atoms with Gasteiger partial charge in [-0.3, -0.25) is 14.6 Å². The van der Waals surface area contributed by atoms with Crippen molar-refractivity contribution >= 4 is 5.91 Å². The molecule has 31 heavy (non-hydrogen) atoms. The van der Waals surface area contributed by atoms with E-state index in [1.165, 1.54) is 31.7 Å². The van der Waals surface area contributed by atoms with Gasteiger partial charge in [-0.1, -0.05) is 30.3 Å². The van der Waals surface area contributed by atoms with Gasteiger partial charge in [0.1, 0.15) is 0 Å². The minimum absolute atomic E-state index is 0.00107. The summed E-state index contributed by atoms with van der Waals surface area (Å²) >= 11 is 0. The Morgan fingerprint density at radius 3 is 2.45 bits per heavy atom. The van der Waals surface area contributed by atoms with Gasteiger partial charge in [-0.2, -0.15) is 0 Å². The second kappa shape index (κ2) is 10.5. The first-order valence-electron chi connectivity index (χ1n) is 12.5. The van der Waals surface area contributed by atoms with E-state index in [-0.39, 0.29) is 5.60 Å². The van der Waals surface area contributed by atoms with Crippen LogP contribution in [0, 0.1) is 0 Å². The molecule has 0 aliphatic carbocycles. The number of amides is 1. The Morgan fingerprint density at radius 1 is 1.06 bits per heavy atom. The topological polar surface area (TPSA) is 36.0 Å². The maximum absolute atomic E-state index is 12.7. The predicted molar refractivity (Wildman–Crippen MR) is 125 cm³/mol. The zero-order valence-electron chi connectivity index (χ0n) is 19.6. The lowest BCUT2D eigenvalue weighted by Gasteiger charge is -2.50. The van der Waals surface area contributed by atoms with E-state index < -0.39 is 0 Å². The Morgan fingerprint density at radius 2 is 1.77 bits per heavy atom. The van der Waals surface area contributed by atoms with E-state index >= 15 is 0 Å². The third-order valence-electron chi connectivity index (χ3n) is 7.79. The summed E-state index contributed by atoms with van der Waals surface area (Å²) in [7, 11) is 0. The number of likely N-dealkylation sites (tertiary alicyclic amines) is 1. The molecule has 1 spiro atoms. The molecule has 1 atom stereocenters. The summed E-state index contributed by atoms with van der Waals surface area (Å²) in [4.78, 5) is 20.1. The number of nitrogens with zero attached hydrogens (tertiary/aromatic N) is 3. The summed E-state index contributed by atoms with van der Waals surface area (Å²) in [5, 5.41) is 0. The molecule has 1 amide bonds. The molecule has 0 aromatic heterocycles. The maximum atomic E-state index is 12.7. The van der Waals surface area contributed by atoms with E-state index in [2.05, 4.69) is 52.8 Å². The molecule has 5 nitrogen and oxygen atoms in total. The first kappa shape index (κ1) is 22.8. The molecule has 4 rings (SSSR count). The van der Waals surface area contributed by atoms with Crippen molar-refractivity contribution in [1.29, 1.82) is 0 Å². The Hall–Kier alpha value is -1.43. The lowest BCUT2D eigenvalue weighted by atomic mass is 9.81. The van der Waals surface area contributed by atoms with E-state index in [1.54, 1.807) is 0 Å². The van der Waals surface area contributed by atoms with Crippen molar-refractivity contribution in [3.63, 3.8) is 0 Å². The highest BCUT2D eigenvalue weighted by Gasteiger charge is 2.42. The van der Waals surface area contributed by atoms with Gasteiger partial charge in [-0.15, -0.1) is 0 Å². The second-order valence-electron chi connectivity index (χ2n) is 10.1. The van der Waals surface area contributed by atoms with Crippen LogP contribution in [0.25, 0.3) is 0 Å². The summed E-state index contributed by atoms with van der Waals surface area (Å²) in [6.07, 6.45) is 6.88. The third-order valence-corrected chi connectivity index (χ3v) is 7.79. The van der Waals surface area contributed by atoms with Gasteiger partial charge in [0.2, 0.25) is 5.91 Å². The number of carbonyl (C=O) groups is 1. The number of rotatable bonds is 6. The molecule has 3 aliphatic rings. The summed E-state index contributed by atoms with van der Waals surface area (Å²) in [6, 6.07) is 11.8. The van der Waals surface area contributed by atoms with Crippen molar-refractivity contribution in [1.82, 2.24) is 14.7 Å². The van der Waals surface area contributed by atoms with Crippen molar-refractivity contribution < 1.29 is 9.53 Å². The summed E-state index contributed by atoms with van der Waals surface area (Å²) in [5.74, 6) is 0.322. The molecule has 0 bridgehead atoms. The van der Waals surface area contributed by atoms with Crippen LogP contribution in [0.4, 0.5) is 0 Å². The van der Waals surface area contributed by atoms with Crippen molar-refractivity contribution in [2.75, 3.05) is 45.9 Å². The Balaban J connectivity index is 1.21.